The molecule has 0 radical (unpaired) electrons. The van der Waals surface area contributed by atoms with Crippen molar-refractivity contribution in [1.82, 2.24) is 9.88 Å². The van der Waals surface area contributed by atoms with E-state index < -0.39 is 0 Å². The summed E-state index contributed by atoms with van der Waals surface area (Å²) in [6, 6.07) is 9.90. The summed E-state index contributed by atoms with van der Waals surface area (Å²) in [4.78, 5) is 6.65. The van der Waals surface area contributed by atoms with Gasteiger partial charge in [0.15, 0.2) is 0 Å². The van der Waals surface area contributed by atoms with E-state index in [2.05, 4.69) is 28.4 Å². The number of aromatic nitrogens is 1. The van der Waals surface area contributed by atoms with Crippen LogP contribution in [0.5, 0.6) is 0 Å². The van der Waals surface area contributed by atoms with Crippen molar-refractivity contribution in [2.75, 3.05) is 7.05 Å². The van der Waals surface area contributed by atoms with Gasteiger partial charge in [-0.3, -0.25) is 4.90 Å². The van der Waals surface area contributed by atoms with Crippen LogP contribution in [0.1, 0.15) is 21.8 Å². The minimum absolute atomic E-state index is 0.713. The summed E-state index contributed by atoms with van der Waals surface area (Å²) in [5.74, 6) is 0. The van der Waals surface area contributed by atoms with Crippen LogP contribution >= 0.6 is 11.3 Å². The van der Waals surface area contributed by atoms with Gasteiger partial charge in [-0.05, 0) is 31.7 Å². The van der Waals surface area contributed by atoms with Gasteiger partial charge in [-0.2, -0.15) is 5.26 Å². The maximum Gasteiger partial charge on any atom is 0.0991 e. The highest BCUT2D eigenvalue weighted by molar-refractivity contribution is 7.09. The zero-order valence-corrected chi connectivity index (χ0v) is 11.4. The Bertz CT molecular complexity index is 568. The van der Waals surface area contributed by atoms with Crippen LogP contribution < -0.4 is 0 Å². The molecule has 0 saturated heterocycles. The van der Waals surface area contributed by atoms with Crippen molar-refractivity contribution in [3.63, 3.8) is 0 Å². The van der Waals surface area contributed by atoms with E-state index in [1.807, 2.05) is 31.2 Å². The molecule has 2 aromatic rings. The lowest BCUT2D eigenvalue weighted by molar-refractivity contribution is 0.315. The van der Waals surface area contributed by atoms with E-state index in [0.29, 0.717) is 5.56 Å². The average Bonchev–Trinajstić information content (AvgIpc) is 2.74. The summed E-state index contributed by atoms with van der Waals surface area (Å²) in [6.45, 7) is 3.68. The molecule has 18 heavy (non-hydrogen) atoms. The molecule has 0 aliphatic carbocycles. The van der Waals surface area contributed by atoms with E-state index in [-0.39, 0.29) is 0 Å². The maximum absolute atomic E-state index is 8.86. The predicted molar refractivity (Wildman–Crippen MR) is 73.2 cm³/mol. The molecule has 0 bridgehead atoms. The molecule has 3 nitrogen and oxygen atoms in total. The molecule has 0 N–H and O–H groups in total. The molecule has 0 aliphatic heterocycles. The fourth-order valence-electron chi connectivity index (χ4n) is 1.86. The summed E-state index contributed by atoms with van der Waals surface area (Å²) >= 11 is 1.68. The van der Waals surface area contributed by atoms with E-state index >= 15 is 0 Å². The number of thiazole rings is 1. The molecule has 0 unspecified atom stereocenters. The standard InChI is InChI=1S/C14H15N3S/c1-11-16-14(10-18-11)9-17(2)8-13-5-3-4-12(6-13)7-15/h3-6,10H,8-9H2,1-2H3. The maximum atomic E-state index is 8.86. The SMILES string of the molecule is Cc1nc(CN(C)Cc2cccc(C#N)c2)cs1. The Morgan fingerprint density at radius 1 is 1.39 bits per heavy atom. The quantitative estimate of drug-likeness (QED) is 0.845. The van der Waals surface area contributed by atoms with E-state index in [1.54, 1.807) is 11.3 Å². The molecule has 1 heterocycles. The van der Waals surface area contributed by atoms with Gasteiger partial charge < -0.3 is 0 Å². The third kappa shape index (κ3) is 3.39. The number of rotatable bonds is 4. The molecule has 0 spiro atoms. The zero-order valence-electron chi connectivity index (χ0n) is 10.6. The molecule has 1 aromatic heterocycles. The first-order valence-electron chi connectivity index (χ1n) is 5.76. The van der Waals surface area contributed by atoms with Gasteiger partial charge in [0.05, 0.1) is 22.3 Å². The normalized spacial score (nSPS) is 10.6. The Morgan fingerprint density at radius 3 is 2.89 bits per heavy atom. The first-order valence-corrected chi connectivity index (χ1v) is 6.64. The van der Waals surface area contributed by atoms with Gasteiger partial charge in [0.1, 0.15) is 0 Å². The fourth-order valence-corrected chi connectivity index (χ4v) is 2.47. The fraction of sp³-hybridized carbons (Fsp3) is 0.286. The minimum atomic E-state index is 0.713. The minimum Gasteiger partial charge on any atom is -0.296 e. The molecule has 4 heteroatoms. The molecule has 0 aliphatic rings. The predicted octanol–water partition coefficient (Wildman–Crippen LogP) is 2.96. The van der Waals surface area contributed by atoms with Crippen molar-refractivity contribution in [2.24, 2.45) is 0 Å². The molecule has 0 fully saturated rings. The van der Waals surface area contributed by atoms with Crippen molar-refractivity contribution < 1.29 is 0 Å². The first kappa shape index (κ1) is 12.7. The topological polar surface area (TPSA) is 39.9 Å². The molecule has 0 amide bonds. The van der Waals surface area contributed by atoms with Crippen LogP contribution in [0.25, 0.3) is 0 Å². The lowest BCUT2D eigenvalue weighted by Crippen LogP contribution is -2.17. The molecule has 92 valence electrons. The Hall–Kier alpha value is -1.70. The average molecular weight is 257 g/mol. The van der Waals surface area contributed by atoms with E-state index in [0.717, 1.165) is 29.4 Å². The summed E-state index contributed by atoms with van der Waals surface area (Å²) in [5.41, 5.74) is 2.98. The largest absolute Gasteiger partial charge is 0.296 e. The van der Waals surface area contributed by atoms with Crippen LogP contribution in [0.4, 0.5) is 0 Å². The van der Waals surface area contributed by atoms with E-state index in [1.165, 1.54) is 0 Å². The number of aryl methyl sites for hydroxylation is 1. The molecule has 2 rings (SSSR count). The molecule has 1 aromatic carbocycles. The summed E-state index contributed by atoms with van der Waals surface area (Å²) in [7, 11) is 2.06. The van der Waals surface area contributed by atoms with Crippen LogP contribution in [0.2, 0.25) is 0 Å². The van der Waals surface area contributed by atoms with Crippen molar-refractivity contribution >= 4 is 11.3 Å². The summed E-state index contributed by atoms with van der Waals surface area (Å²) in [5, 5.41) is 12.1. The van der Waals surface area contributed by atoms with Gasteiger partial charge in [0.25, 0.3) is 0 Å². The second-order valence-electron chi connectivity index (χ2n) is 4.34. The highest BCUT2D eigenvalue weighted by Gasteiger charge is 2.05. The number of benzene rings is 1. The Balaban J connectivity index is 1.98. The number of hydrogen-bond donors (Lipinski definition) is 0. The lowest BCUT2D eigenvalue weighted by atomic mass is 10.1. The van der Waals surface area contributed by atoms with Gasteiger partial charge in [-0.15, -0.1) is 11.3 Å². The number of nitriles is 1. The molecular formula is C14H15N3S. The van der Waals surface area contributed by atoms with Gasteiger partial charge in [0.2, 0.25) is 0 Å². The van der Waals surface area contributed by atoms with Crippen molar-refractivity contribution in [3.8, 4) is 6.07 Å². The monoisotopic (exact) mass is 257 g/mol. The number of nitrogens with zero attached hydrogens (tertiary/aromatic N) is 3. The van der Waals surface area contributed by atoms with Crippen LogP contribution in [-0.2, 0) is 13.1 Å². The van der Waals surface area contributed by atoms with Gasteiger partial charge in [-0.25, -0.2) is 4.98 Å². The third-order valence-electron chi connectivity index (χ3n) is 2.61. The van der Waals surface area contributed by atoms with Crippen molar-refractivity contribution in [2.45, 2.75) is 20.0 Å². The van der Waals surface area contributed by atoms with Gasteiger partial charge in [-0.1, -0.05) is 12.1 Å². The highest BCUT2D eigenvalue weighted by atomic mass is 32.1. The van der Waals surface area contributed by atoms with Gasteiger partial charge in [0, 0.05) is 18.5 Å². The Kier molecular flexibility index (Phi) is 4.08. The number of hydrogen-bond acceptors (Lipinski definition) is 4. The van der Waals surface area contributed by atoms with E-state index in [4.69, 9.17) is 5.26 Å². The molecule has 0 atom stereocenters. The summed E-state index contributed by atoms with van der Waals surface area (Å²) < 4.78 is 0. The second kappa shape index (κ2) is 5.76. The Labute approximate surface area is 111 Å². The van der Waals surface area contributed by atoms with Crippen molar-refractivity contribution in [1.29, 1.82) is 5.26 Å². The summed E-state index contributed by atoms with van der Waals surface area (Å²) in [6.07, 6.45) is 0. The van der Waals surface area contributed by atoms with Crippen LogP contribution in [0, 0.1) is 18.3 Å². The lowest BCUT2D eigenvalue weighted by Gasteiger charge is -2.15. The van der Waals surface area contributed by atoms with Crippen molar-refractivity contribution in [3.05, 3.63) is 51.5 Å². The van der Waals surface area contributed by atoms with Crippen LogP contribution in [0.3, 0.4) is 0 Å². The molecule has 0 saturated carbocycles. The Morgan fingerprint density at radius 2 is 2.22 bits per heavy atom. The highest BCUT2D eigenvalue weighted by Crippen LogP contribution is 2.12. The zero-order chi connectivity index (χ0) is 13.0. The van der Waals surface area contributed by atoms with Gasteiger partial charge >= 0.3 is 0 Å². The first-order chi connectivity index (χ1) is 8.67. The van der Waals surface area contributed by atoms with E-state index in [9.17, 15) is 0 Å². The molecular weight excluding hydrogens is 242 g/mol. The smallest absolute Gasteiger partial charge is 0.0991 e. The van der Waals surface area contributed by atoms with Crippen LogP contribution in [-0.4, -0.2) is 16.9 Å². The van der Waals surface area contributed by atoms with Crippen LogP contribution in [0.15, 0.2) is 29.6 Å². The third-order valence-corrected chi connectivity index (χ3v) is 3.43. The second-order valence-corrected chi connectivity index (χ2v) is 5.40.